The highest BCUT2D eigenvalue weighted by atomic mass is 16.5. The van der Waals surface area contributed by atoms with E-state index in [2.05, 4.69) is 6.92 Å². The minimum atomic E-state index is -1.20. The number of ether oxygens (including phenoxy) is 2. The monoisotopic (exact) mass is 317 g/mol. The van der Waals surface area contributed by atoms with Crippen LogP contribution in [0.15, 0.2) is 23.8 Å². The molecule has 5 nitrogen and oxygen atoms in total. The van der Waals surface area contributed by atoms with Gasteiger partial charge in [-0.25, -0.2) is 4.79 Å². The maximum Gasteiger partial charge on any atom is 0.346 e. The van der Waals surface area contributed by atoms with Gasteiger partial charge in [-0.2, -0.15) is 5.26 Å². The molecule has 0 radical (unpaired) electrons. The van der Waals surface area contributed by atoms with Crippen LogP contribution in [0.3, 0.4) is 0 Å². The van der Waals surface area contributed by atoms with E-state index in [0.29, 0.717) is 29.1 Å². The lowest BCUT2D eigenvalue weighted by Gasteiger charge is -2.13. The highest BCUT2D eigenvalue weighted by Crippen LogP contribution is 2.33. The first-order valence-corrected chi connectivity index (χ1v) is 7.67. The van der Waals surface area contributed by atoms with Gasteiger partial charge in [0, 0.05) is 0 Å². The van der Waals surface area contributed by atoms with Crippen LogP contribution < -0.4 is 9.47 Å². The molecule has 5 heteroatoms. The maximum atomic E-state index is 11.4. The van der Waals surface area contributed by atoms with Crippen LogP contribution in [0.1, 0.15) is 44.6 Å². The second-order valence-electron chi connectivity index (χ2n) is 5.15. The van der Waals surface area contributed by atoms with E-state index in [-0.39, 0.29) is 5.57 Å². The lowest BCUT2D eigenvalue weighted by atomic mass is 9.94. The largest absolute Gasteiger partial charge is 0.493 e. The maximum absolute atomic E-state index is 11.4. The van der Waals surface area contributed by atoms with Crippen LogP contribution >= 0.6 is 0 Å². The van der Waals surface area contributed by atoms with Gasteiger partial charge >= 0.3 is 5.97 Å². The predicted molar refractivity (Wildman–Crippen MR) is 88.5 cm³/mol. The number of benzene rings is 1. The first-order valence-electron chi connectivity index (χ1n) is 7.67. The second kappa shape index (κ2) is 9.52. The van der Waals surface area contributed by atoms with Gasteiger partial charge in [0.2, 0.25) is 0 Å². The van der Waals surface area contributed by atoms with Gasteiger partial charge in [0.05, 0.1) is 14.2 Å². The molecule has 1 N–H and O–H groups in total. The van der Waals surface area contributed by atoms with E-state index in [1.165, 1.54) is 14.2 Å². The first-order chi connectivity index (χ1) is 11.1. The Balaban J connectivity index is 3.24. The minimum Gasteiger partial charge on any atom is -0.493 e. The van der Waals surface area contributed by atoms with Crippen molar-refractivity contribution in [3.63, 3.8) is 0 Å². The normalized spacial score (nSPS) is 11.4. The fourth-order valence-corrected chi connectivity index (χ4v) is 2.41. The summed E-state index contributed by atoms with van der Waals surface area (Å²) in [4.78, 5) is 11.4. The number of carbonyl (C=O) groups is 1. The summed E-state index contributed by atoms with van der Waals surface area (Å²) in [5.74, 6) is -0.123. The summed E-state index contributed by atoms with van der Waals surface area (Å²) in [5, 5.41) is 18.5. The lowest BCUT2D eigenvalue weighted by Crippen LogP contribution is -2.03. The first kappa shape index (κ1) is 18.6. The lowest BCUT2D eigenvalue weighted by molar-refractivity contribution is -0.132. The number of hydrogen-bond acceptors (Lipinski definition) is 4. The Kier molecular flexibility index (Phi) is 7.69. The molecule has 0 aliphatic rings. The molecule has 0 fully saturated rings. The van der Waals surface area contributed by atoms with Gasteiger partial charge < -0.3 is 14.6 Å². The van der Waals surface area contributed by atoms with Crippen LogP contribution in [0, 0.1) is 11.3 Å². The molecule has 0 spiro atoms. The number of methoxy groups -OCH3 is 2. The van der Waals surface area contributed by atoms with E-state index in [1.54, 1.807) is 18.2 Å². The molecule has 0 saturated carbocycles. The molecular formula is C18H23NO4. The summed E-state index contributed by atoms with van der Waals surface area (Å²) in [6.45, 7) is 2.11. The number of hydrogen-bond donors (Lipinski definition) is 1. The molecular weight excluding hydrogens is 294 g/mol. The van der Waals surface area contributed by atoms with E-state index in [1.807, 2.05) is 6.07 Å². The van der Waals surface area contributed by atoms with E-state index < -0.39 is 5.97 Å². The van der Waals surface area contributed by atoms with Crippen molar-refractivity contribution < 1.29 is 19.4 Å². The molecule has 23 heavy (non-hydrogen) atoms. The molecule has 0 aliphatic carbocycles. The number of nitriles is 1. The topological polar surface area (TPSA) is 79.6 Å². The van der Waals surface area contributed by atoms with Crippen molar-refractivity contribution in [2.24, 2.45) is 0 Å². The van der Waals surface area contributed by atoms with Gasteiger partial charge in [0.25, 0.3) is 0 Å². The molecule has 1 rings (SSSR count). The van der Waals surface area contributed by atoms with Crippen molar-refractivity contribution in [2.45, 2.75) is 39.0 Å². The van der Waals surface area contributed by atoms with Crippen LogP contribution in [0.2, 0.25) is 0 Å². The second-order valence-corrected chi connectivity index (χ2v) is 5.15. The zero-order valence-corrected chi connectivity index (χ0v) is 13.9. The van der Waals surface area contributed by atoms with E-state index >= 15 is 0 Å². The Labute approximate surface area is 137 Å². The molecule has 0 unspecified atom stereocenters. The summed E-state index contributed by atoms with van der Waals surface area (Å²) in [6.07, 6.45) is 4.58. The Bertz CT molecular complexity index is 614. The van der Waals surface area contributed by atoms with Crippen LogP contribution in [-0.2, 0) is 4.79 Å². The molecule has 0 saturated heterocycles. The summed E-state index contributed by atoms with van der Waals surface area (Å²) in [6, 6.07) is 7.01. The molecule has 0 aliphatic heterocycles. The van der Waals surface area contributed by atoms with E-state index in [4.69, 9.17) is 9.47 Å². The molecule has 1 aromatic carbocycles. The zero-order valence-electron chi connectivity index (χ0n) is 13.9. The van der Waals surface area contributed by atoms with Gasteiger partial charge in [-0.05, 0) is 36.1 Å². The van der Waals surface area contributed by atoms with Crippen molar-refractivity contribution in [1.82, 2.24) is 0 Å². The Hall–Kier alpha value is -2.48. The van der Waals surface area contributed by atoms with Gasteiger partial charge in [0.15, 0.2) is 11.5 Å². The molecule has 0 amide bonds. The van der Waals surface area contributed by atoms with Crippen LogP contribution in [-0.4, -0.2) is 25.3 Å². The van der Waals surface area contributed by atoms with Gasteiger partial charge in [-0.3, -0.25) is 0 Å². The number of aliphatic carboxylic acids is 1. The van der Waals surface area contributed by atoms with E-state index in [9.17, 15) is 15.2 Å². The van der Waals surface area contributed by atoms with Crippen LogP contribution in [0.4, 0.5) is 0 Å². The standard InChI is InChI=1S/C18H23NO4/c1-4-5-6-7-8-14(15(12-19)18(20)21)13-9-10-16(22-2)17(11-13)23-3/h9-11H,4-8H2,1-3H3,(H,20,21). The summed E-state index contributed by atoms with van der Waals surface area (Å²) in [5.41, 5.74) is 1.00. The average Bonchev–Trinajstić information content (AvgIpc) is 2.56. The predicted octanol–water partition coefficient (Wildman–Crippen LogP) is 4.04. The van der Waals surface area contributed by atoms with Gasteiger partial charge in [0.1, 0.15) is 11.6 Å². The van der Waals surface area contributed by atoms with Crippen molar-refractivity contribution >= 4 is 11.5 Å². The molecule has 0 aromatic heterocycles. The summed E-state index contributed by atoms with van der Waals surface area (Å²) in [7, 11) is 3.06. The van der Waals surface area contributed by atoms with E-state index in [0.717, 1.165) is 25.7 Å². The number of carboxylic acid groups (broad SMARTS) is 1. The molecule has 124 valence electrons. The van der Waals surface area contributed by atoms with Gasteiger partial charge in [-0.1, -0.05) is 32.3 Å². The quantitative estimate of drug-likeness (QED) is 0.422. The number of nitrogens with zero attached hydrogens (tertiary/aromatic N) is 1. The average molecular weight is 317 g/mol. The third-order valence-corrected chi connectivity index (χ3v) is 3.64. The van der Waals surface area contributed by atoms with Gasteiger partial charge in [-0.15, -0.1) is 0 Å². The van der Waals surface area contributed by atoms with Crippen molar-refractivity contribution in [3.8, 4) is 17.6 Å². The zero-order chi connectivity index (χ0) is 17.2. The van der Waals surface area contributed by atoms with Crippen molar-refractivity contribution in [1.29, 1.82) is 5.26 Å². The third kappa shape index (κ3) is 5.03. The highest BCUT2D eigenvalue weighted by molar-refractivity contribution is 6.00. The molecule has 0 atom stereocenters. The molecule has 1 aromatic rings. The van der Waals surface area contributed by atoms with Crippen LogP contribution in [0.25, 0.3) is 5.57 Å². The molecule has 0 heterocycles. The van der Waals surface area contributed by atoms with Crippen molar-refractivity contribution in [3.05, 3.63) is 29.3 Å². The highest BCUT2D eigenvalue weighted by Gasteiger charge is 2.17. The minimum absolute atomic E-state index is 0.214. The SMILES string of the molecule is CCCCCCC(=C(C#N)C(=O)O)c1ccc(OC)c(OC)c1. The number of rotatable bonds is 9. The number of carboxylic acids is 1. The number of allylic oxidation sites excluding steroid dienone is 1. The molecule has 0 bridgehead atoms. The Morgan fingerprint density at radius 1 is 1.17 bits per heavy atom. The van der Waals surface area contributed by atoms with Crippen molar-refractivity contribution in [2.75, 3.05) is 14.2 Å². The summed E-state index contributed by atoms with van der Waals surface area (Å²) >= 11 is 0. The summed E-state index contributed by atoms with van der Waals surface area (Å²) < 4.78 is 10.5. The van der Waals surface area contributed by atoms with Crippen LogP contribution in [0.5, 0.6) is 11.5 Å². The fourth-order valence-electron chi connectivity index (χ4n) is 2.41. The number of unbranched alkanes of at least 4 members (excludes halogenated alkanes) is 3. The smallest absolute Gasteiger partial charge is 0.346 e. The Morgan fingerprint density at radius 2 is 1.87 bits per heavy atom. The Morgan fingerprint density at radius 3 is 2.39 bits per heavy atom. The third-order valence-electron chi connectivity index (χ3n) is 3.64. The fraction of sp³-hybridized carbons (Fsp3) is 0.444.